The summed E-state index contributed by atoms with van der Waals surface area (Å²) in [6, 6.07) is 12.4. The van der Waals surface area contributed by atoms with Crippen molar-refractivity contribution in [3.05, 3.63) is 54.6 Å². The monoisotopic (exact) mass is 594 g/mol. The molecule has 230 valence electrons. The van der Waals surface area contributed by atoms with Crippen LogP contribution in [0.15, 0.2) is 54.6 Å². The van der Waals surface area contributed by atoms with Crippen molar-refractivity contribution in [2.24, 2.45) is 11.8 Å². The molecule has 1 unspecified atom stereocenters. The van der Waals surface area contributed by atoms with Crippen LogP contribution in [0.3, 0.4) is 0 Å². The van der Waals surface area contributed by atoms with Crippen molar-refractivity contribution in [3.63, 3.8) is 0 Å². The number of anilines is 1. The fraction of sp³-hybridized carbons (Fsp3) is 0.452. The molecule has 2 aliphatic rings. The molecule has 1 fully saturated rings. The second-order valence-electron chi connectivity index (χ2n) is 11.2. The highest BCUT2D eigenvalue weighted by atomic mass is 16.6. The molecule has 1 saturated heterocycles. The quantitative estimate of drug-likeness (QED) is 0.449. The Kier molecular flexibility index (Phi) is 9.89. The number of rotatable bonds is 9. The van der Waals surface area contributed by atoms with Gasteiger partial charge in [0, 0.05) is 6.54 Å². The van der Waals surface area contributed by atoms with Gasteiger partial charge in [-0.15, -0.1) is 0 Å². The topological polar surface area (TPSA) is 144 Å². The van der Waals surface area contributed by atoms with E-state index in [1.54, 1.807) is 82.3 Å². The second kappa shape index (κ2) is 13.6. The van der Waals surface area contributed by atoms with Gasteiger partial charge in [0.2, 0.25) is 23.8 Å². The first kappa shape index (κ1) is 31.3. The van der Waals surface area contributed by atoms with E-state index in [0.717, 1.165) is 4.90 Å². The number of ketones is 1. The maximum atomic E-state index is 13.8. The highest BCUT2D eigenvalue weighted by Gasteiger charge is 2.46. The molecule has 0 aliphatic carbocycles. The largest absolute Gasteiger partial charge is 0.460 e. The number of hydrogen-bond donors (Lipinski definition) is 2. The van der Waals surface area contributed by atoms with Gasteiger partial charge in [0.25, 0.3) is 0 Å². The van der Waals surface area contributed by atoms with Crippen LogP contribution in [-0.4, -0.2) is 72.7 Å². The van der Waals surface area contributed by atoms with Crippen molar-refractivity contribution in [1.82, 2.24) is 15.5 Å². The van der Waals surface area contributed by atoms with Crippen molar-refractivity contribution in [2.75, 3.05) is 18.6 Å². The summed E-state index contributed by atoms with van der Waals surface area (Å²) in [4.78, 5) is 68.9. The fourth-order valence-corrected chi connectivity index (χ4v) is 5.25. The Hall–Kier alpha value is -4.61. The van der Waals surface area contributed by atoms with E-state index in [9.17, 15) is 24.0 Å². The Morgan fingerprint density at radius 3 is 2.19 bits per heavy atom. The number of fused-ring (bicyclic) bond motifs is 1. The van der Waals surface area contributed by atoms with Gasteiger partial charge >= 0.3 is 12.2 Å². The smallest absolute Gasteiger partial charge is 0.417 e. The third kappa shape index (κ3) is 6.90. The minimum Gasteiger partial charge on any atom is -0.460 e. The lowest BCUT2D eigenvalue weighted by atomic mass is 9.97. The zero-order valence-corrected chi connectivity index (χ0v) is 24.9. The number of hydrogen-bond acceptors (Lipinski definition) is 8. The van der Waals surface area contributed by atoms with Gasteiger partial charge in [-0.1, -0.05) is 58.0 Å². The number of carbonyl (C=O) groups excluding carboxylic acids is 5. The Morgan fingerprint density at radius 1 is 0.884 bits per heavy atom. The number of para-hydroxylation sites is 3. The van der Waals surface area contributed by atoms with Gasteiger partial charge in [0.1, 0.15) is 23.6 Å². The molecule has 2 heterocycles. The standard InChI is InChI=1S/C31H38N4O8/c1-18(2)24(26(36)29-35(31(40)41-5)21-14-9-10-16-23(21)43-29)32-27(37)22-15-11-17-34(22)28(38)25(19(3)4)33-30(39)42-20-12-7-6-8-13-20/h6-10,12-14,16,18-19,22,24-25,29H,11,15,17H2,1-5H3,(H,32,37)(H,33,39)/t22-,24-,25-,29?/m0/s1. The third-order valence-electron chi connectivity index (χ3n) is 7.48. The number of carbonyl (C=O) groups is 5. The molecule has 0 bridgehead atoms. The molecule has 0 saturated carbocycles. The van der Waals surface area contributed by atoms with Crippen LogP contribution in [0.1, 0.15) is 40.5 Å². The Morgan fingerprint density at radius 2 is 1.53 bits per heavy atom. The van der Waals surface area contributed by atoms with Crippen LogP contribution in [0, 0.1) is 11.8 Å². The van der Waals surface area contributed by atoms with Crippen LogP contribution in [0.4, 0.5) is 15.3 Å². The minimum atomic E-state index is -1.34. The Labute approximate surface area is 250 Å². The van der Waals surface area contributed by atoms with Crippen molar-refractivity contribution in [3.8, 4) is 11.5 Å². The Bertz CT molecular complexity index is 1350. The van der Waals surface area contributed by atoms with E-state index in [4.69, 9.17) is 14.2 Å². The summed E-state index contributed by atoms with van der Waals surface area (Å²) < 4.78 is 16.1. The molecule has 2 aliphatic heterocycles. The molecule has 4 rings (SSSR count). The first-order chi connectivity index (χ1) is 20.5. The molecule has 0 spiro atoms. The second-order valence-corrected chi connectivity index (χ2v) is 11.2. The molecule has 43 heavy (non-hydrogen) atoms. The number of nitrogens with one attached hydrogen (secondary N) is 2. The molecular weight excluding hydrogens is 556 g/mol. The van der Waals surface area contributed by atoms with Gasteiger partial charge in [-0.3, -0.25) is 14.4 Å². The summed E-state index contributed by atoms with van der Waals surface area (Å²) >= 11 is 0. The van der Waals surface area contributed by atoms with E-state index in [-0.39, 0.29) is 11.8 Å². The molecule has 0 aromatic heterocycles. The van der Waals surface area contributed by atoms with Crippen molar-refractivity contribution in [1.29, 1.82) is 0 Å². The average Bonchev–Trinajstić information content (AvgIpc) is 3.63. The van der Waals surface area contributed by atoms with E-state index >= 15 is 0 Å². The maximum absolute atomic E-state index is 13.8. The predicted octanol–water partition coefficient (Wildman–Crippen LogP) is 3.49. The number of methoxy groups -OCH3 is 1. The van der Waals surface area contributed by atoms with Gasteiger partial charge in [0.15, 0.2) is 0 Å². The van der Waals surface area contributed by atoms with E-state index in [1.165, 1.54) is 12.0 Å². The highest BCUT2D eigenvalue weighted by molar-refractivity contribution is 6.04. The van der Waals surface area contributed by atoms with Crippen LogP contribution in [0.5, 0.6) is 11.5 Å². The minimum absolute atomic E-state index is 0.296. The third-order valence-corrected chi connectivity index (χ3v) is 7.48. The summed E-state index contributed by atoms with van der Waals surface area (Å²) in [5.41, 5.74) is 0.382. The molecule has 2 aromatic rings. The number of nitrogens with zero attached hydrogens (tertiary/aromatic N) is 2. The normalized spacial score (nSPS) is 18.9. The summed E-state index contributed by atoms with van der Waals surface area (Å²) in [7, 11) is 1.21. The average molecular weight is 595 g/mol. The maximum Gasteiger partial charge on any atom is 0.417 e. The lowest BCUT2D eigenvalue weighted by Gasteiger charge is -2.32. The molecule has 2 N–H and O–H groups in total. The van der Waals surface area contributed by atoms with E-state index < -0.39 is 54.1 Å². The molecule has 0 radical (unpaired) electrons. The van der Waals surface area contributed by atoms with Crippen LogP contribution in [0.2, 0.25) is 0 Å². The molecule has 4 amide bonds. The fourth-order valence-electron chi connectivity index (χ4n) is 5.25. The number of benzene rings is 2. The van der Waals surface area contributed by atoms with Gasteiger partial charge in [-0.05, 0) is 48.9 Å². The SMILES string of the molecule is COC(=O)N1c2ccccc2OC1C(=O)[C@@H](NC(=O)[C@@H]1CCCN1C(=O)[C@@H](NC(=O)Oc1ccccc1)C(C)C)C(C)C. The van der Waals surface area contributed by atoms with E-state index in [1.807, 2.05) is 0 Å². The zero-order valence-electron chi connectivity index (χ0n) is 24.9. The molecule has 12 nitrogen and oxygen atoms in total. The van der Waals surface area contributed by atoms with E-state index in [0.29, 0.717) is 36.6 Å². The van der Waals surface area contributed by atoms with Gasteiger partial charge in [-0.2, -0.15) is 0 Å². The van der Waals surface area contributed by atoms with Gasteiger partial charge in [-0.25, -0.2) is 14.5 Å². The summed E-state index contributed by atoms with van der Waals surface area (Å²) in [6.45, 7) is 7.42. The van der Waals surface area contributed by atoms with Crippen molar-refractivity contribution >= 4 is 35.5 Å². The van der Waals surface area contributed by atoms with E-state index in [2.05, 4.69) is 10.6 Å². The first-order valence-corrected chi connectivity index (χ1v) is 14.3. The summed E-state index contributed by atoms with van der Waals surface area (Å²) in [5.74, 6) is -1.46. The lowest BCUT2D eigenvalue weighted by Crippen LogP contribution is -2.59. The zero-order chi connectivity index (χ0) is 31.3. The first-order valence-electron chi connectivity index (χ1n) is 14.3. The molecule has 4 atom stereocenters. The van der Waals surface area contributed by atoms with Gasteiger partial charge < -0.3 is 29.7 Å². The van der Waals surface area contributed by atoms with Crippen LogP contribution >= 0.6 is 0 Å². The number of ether oxygens (including phenoxy) is 3. The number of Topliss-reactive ketones (excluding diaryl/α,β-unsaturated/α-hetero) is 1. The van der Waals surface area contributed by atoms with Gasteiger partial charge in [0.05, 0.1) is 18.8 Å². The van der Waals surface area contributed by atoms with Crippen LogP contribution in [-0.2, 0) is 19.1 Å². The molecular formula is C31H38N4O8. The Balaban J connectivity index is 1.47. The lowest BCUT2D eigenvalue weighted by molar-refractivity contribution is -0.142. The van der Waals surface area contributed by atoms with Crippen LogP contribution in [0.25, 0.3) is 0 Å². The van der Waals surface area contributed by atoms with Crippen molar-refractivity contribution in [2.45, 2.75) is 64.9 Å². The van der Waals surface area contributed by atoms with Crippen LogP contribution < -0.4 is 25.0 Å². The summed E-state index contributed by atoms with van der Waals surface area (Å²) in [6.07, 6.45) is -1.95. The molecule has 2 aromatic carbocycles. The predicted molar refractivity (Wildman–Crippen MR) is 156 cm³/mol. The number of amides is 4. The number of likely N-dealkylation sites (tertiary alicyclic amines) is 1. The highest BCUT2D eigenvalue weighted by Crippen LogP contribution is 2.38. The molecule has 12 heteroatoms. The van der Waals surface area contributed by atoms with Crippen molar-refractivity contribution < 1.29 is 38.2 Å². The summed E-state index contributed by atoms with van der Waals surface area (Å²) in [5, 5.41) is 5.45.